The van der Waals surface area contributed by atoms with E-state index >= 15 is 0 Å². The fourth-order valence-corrected chi connectivity index (χ4v) is 2.75. The van der Waals surface area contributed by atoms with Crippen LogP contribution < -0.4 is 4.74 Å². The average molecular weight is 397 g/mol. The molecule has 6 nitrogen and oxygen atoms in total. The summed E-state index contributed by atoms with van der Waals surface area (Å²) in [7, 11) is 0. The van der Waals surface area contributed by atoms with Crippen LogP contribution in [-0.2, 0) is 9.53 Å². The van der Waals surface area contributed by atoms with Crippen LogP contribution in [0, 0.1) is 0 Å². The van der Waals surface area contributed by atoms with Gasteiger partial charge in [0.05, 0.1) is 30.7 Å². The molecule has 2 aromatic rings. The molecule has 2 rings (SSSR count). The van der Waals surface area contributed by atoms with E-state index in [0.717, 1.165) is 55.5 Å². The van der Waals surface area contributed by atoms with Crippen LogP contribution in [0.5, 0.6) is 5.75 Å². The summed E-state index contributed by atoms with van der Waals surface area (Å²) in [6, 6.07) is 10.4. The molecule has 0 aliphatic heterocycles. The number of benzene rings is 1. The Kier molecular flexibility index (Phi) is 9.42. The van der Waals surface area contributed by atoms with Crippen molar-refractivity contribution in [2.24, 2.45) is 0 Å². The van der Waals surface area contributed by atoms with Crippen molar-refractivity contribution in [1.82, 2.24) is 4.98 Å². The van der Waals surface area contributed by atoms with Crippen molar-refractivity contribution in [2.45, 2.75) is 38.5 Å². The van der Waals surface area contributed by atoms with Gasteiger partial charge >= 0.3 is 11.9 Å². The Morgan fingerprint density at radius 2 is 1.59 bits per heavy atom. The molecule has 1 aromatic carbocycles. The summed E-state index contributed by atoms with van der Waals surface area (Å²) in [6.45, 7) is 4.46. The van der Waals surface area contributed by atoms with Gasteiger partial charge in [-0.3, -0.25) is 4.98 Å². The lowest BCUT2D eigenvalue weighted by atomic mass is 10.1. The number of pyridine rings is 1. The number of carboxylic acids is 1. The first-order valence-corrected chi connectivity index (χ1v) is 9.82. The smallest absolute Gasteiger partial charge is 0.335 e. The van der Waals surface area contributed by atoms with Crippen LogP contribution in [0.15, 0.2) is 55.3 Å². The predicted molar refractivity (Wildman–Crippen MR) is 111 cm³/mol. The maximum atomic E-state index is 10.9. The van der Waals surface area contributed by atoms with E-state index in [1.165, 1.54) is 6.08 Å². The predicted octanol–water partition coefficient (Wildman–Crippen LogP) is 4.90. The molecular formula is C23H27NO5. The zero-order valence-corrected chi connectivity index (χ0v) is 16.5. The highest BCUT2D eigenvalue weighted by Crippen LogP contribution is 2.20. The number of carbonyl (C=O) groups excluding carboxylic acids is 1. The van der Waals surface area contributed by atoms with Crippen molar-refractivity contribution in [3.05, 3.63) is 60.8 Å². The van der Waals surface area contributed by atoms with Gasteiger partial charge in [-0.1, -0.05) is 44.4 Å². The molecule has 1 aromatic heterocycles. The lowest BCUT2D eigenvalue weighted by molar-refractivity contribution is -0.137. The maximum absolute atomic E-state index is 10.9. The van der Waals surface area contributed by atoms with Crippen molar-refractivity contribution in [2.75, 3.05) is 13.2 Å². The second-order valence-corrected chi connectivity index (χ2v) is 6.60. The molecule has 0 spiro atoms. The quantitative estimate of drug-likeness (QED) is 0.294. The van der Waals surface area contributed by atoms with E-state index in [2.05, 4.69) is 11.6 Å². The molecule has 1 heterocycles. The number of unbranched alkanes of at least 4 members (excludes halogenated alkanes) is 5. The summed E-state index contributed by atoms with van der Waals surface area (Å²) < 4.78 is 10.7. The van der Waals surface area contributed by atoms with E-state index in [-0.39, 0.29) is 11.5 Å². The highest BCUT2D eigenvalue weighted by atomic mass is 16.5. The van der Waals surface area contributed by atoms with E-state index in [1.807, 2.05) is 12.1 Å². The number of esters is 1. The number of ether oxygens (including phenoxy) is 2. The molecule has 1 N–H and O–H groups in total. The Morgan fingerprint density at radius 1 is 0.931 bits per heavy atom. The summed E-state index contributed by atoms with van der Waals surface area (Å²) in [5.41, 5.74) is 1.89. The van der Waals surface area contributed by atoms with Crippen LogP contribution in [-0.4, -0.2) is 35.2 Å². The monoisotopic (exact) mass is 397 g/mol. The summed E-state index contributed by atoms with van der Waals surface area (Å²) in [5, 5.41) is 8.94. The fourth-order valence-electron chi connectivity index (χ4n) is 2.75. The molecule has 0 fully saturated rings. The van der Waals surface area contributed by atoms with Crippen molar-refractivity contribution in [3.63, 3.8) is 0 Å². The second kappa shape index (κ2) is 12.3. The van der Waals surface area contributed by atoms with Crippen LogP contribution in [0.2, 0.25) is 0 Å². The molecular weight excluding hydrogens is 370 g/mol. The Bertz CT molecular complexity index is 784. The number of hydrogen-bond donors (Lipinski definition) is 1. The molecule has 0 unspecified atom stereocenters. The van der Waals surface area contributed by atoms with Gasteiger partial charge in [0, 0.05) is 11.6 Å². The summed E-state index contributed by atoms with van der Waals surface area (Å²) in [6.07, 6.45) is 9.10. The van der Waals surface area contributed by atoms with Crippen LogP contribution in [0.25, 0.3) is 11.3 Å². The summed E-state index contributed by atoms with van der Waals surface area (Å²) in [5.74, 6) is -0.581. The molecule has 0 atom stereocenters. The van der Waals surface area contributed by atoms with Gasteiger partial charge in [-0.05, 0) is 37.1 Å². The first-order chi connectivity index (χ1) is 14.1. The molecule has 0 aliphatic carbocycles. The molecule has 6 heteroatoms. The fraction of sp³-hybridized carbons (Fsp3) is 0.348. The van der Waals surface area contributed by atoms with Gasteiger partial charge in [0.1, 0.15) is 5.75 Å². The topological polar surface area (TPSA) is 85.7 Å². The second-order valence-electron chi connectivity index (χ2n) is 6.60. The number of aromatic carboxylic acids is 1. The standard InChI is InChI=1S/C23H27NO5/c1-2-22(25)29-16-8-6-4-3-5-7-15-28-20-13-14-21(24-17-20)18-9-11-19(12-10-18)23(26)27/h2,9-14,17H,1,3-8,15-16H2,(H,26,27). The third-order valence-electron chi connectivity index (χ3n) is 4.38. The number of nitrogens with zero attached hydrogens (tertiary/aromatic N) is 1. The lowest BCUT2D eigenvalue weighted by Crippen LogP contribution is -2.01. The van der Waals surface area contributed by atoms with Gasteiger partial charge in [-0.15, -0.1) is 0 Å². The van der Waals surface area contributed by atoms with E-state index in [9.17, 15) is 9.59 Å². The van der Waals surface area contributed by atoms with Crippen LogP contribution in [0.1, 0.15) is 48.9 Å². The van der Waals surface area contributed by atoms with Gasteiger partial charge in [0.25, 0.3) is 0 Å². The lowest BCUT2D eigenvalue weighted by Gasteiger charge is -2.07. The molecule has 0 amide bonds. The minimum atomic E-state index is -0.942. The van der Waals surface area contributed by atoms with Crippen molar-refractivity contribution < 1.29 is 24.2 Å². The van der Waals surface area contributed by atoms with Crippen molar-refractivity contribution >= 4 is 11.9 Å². The van der Waals surface area contributed by atoms with E-state index in [0.29, 0.717) is 13.2 Å². The Hall–Kier alpha value is -3.15. The van der Waals surface area contributed by atoms with Crippen LogP contribution in [0.4, 0.5) is 0 Å². The van der Waals surface area contributed by atoms with Crippen LogP contribution in [0.3, 0.4) is 0 Å². The van der Waals surface area contributed by atoms with Gasteiger partial charge in [0.2, 0.25) is 0 Å². The Morgan fingerprint density at radius 3 is 2.17 bits per heavy atom. The first kappa shape index (κ1) is 22.1. The number of aromatic nitrogens is 1. The van der Waals surface area contributed by atoms with E-state index < -0.39 is 5.97 Å². The molecule has 0 saturated carbocycles. The minimum absolute atomic E-state index is 0.254. The Balaban J connectivity index is 1.59. The Labute approximate surface area is 171 Å². The van der Waals surface area contributed by atoms with E-state index in [1.54, 1.807) is 30.5 Å². The largest absolute Gasteiger partial charge is 0.492 e. The highest BCUT2D eigenvalue weighted by Gasteiger charge is 2.04. The van der Waals surface area contributed by atoms with Gasteiger partial charge in [-0.2, -0.15) is 0 Å². The maximum Gasteiger partial charge on any atom is 0.335 e. The van der Waals surface area contributed by atoms with Gasteiger partial charge in [-0.25, -0.2) is 9.59 Å². The molecule has 0 aliphatic rings. The third-order valence-corrected chi connectivity index (χ3v) is 4.38. The van der Waals surface area contributed by atoms with Gasteiger partial charge in [0.15, 0.2) is 0 Å². The van der Waals surface area contributed by atoms with Crippen LogP contribution >= 0.6 is 0 Å². The SMILES string of the molecule is C=CC(=O)OCCCCCCCCOc1ccc(-c2ccc(C(=O)O)cc2)nc1. The first-order valence-electron chi connectivity index (χ1n) is 9.82. The molecule has 154 valence electrons. The number of carbonyl (C=O) groups is 2. The molecule has 29 heavy (non-hydrogen) atoms. The number of hydrogen-bond acceptors (Lipinski definition) is 5. The van der Waals surface area contributed by atoms with Crippen molar-refractivity contribution in [1.29, 1.82) is 0 Å². The number of rotatable bonds is 13. The highest BCUT2D eigenvalue weighted by molar-refractivity contribution is 5.88. The normalized spacial score (nSPS) is 10.3. The number of carboxylic acid groups (broad SMARTS) is 1. The zero-order valence-electron chi connectivity index (χ0n) is 16.5. The summed E-state index contributed by atoms with van der Waals surface area (Å²) >= 11 is 0. The molecule has 0 radical (unpaired) electrons. The average Bonchev–Trinajstić information content (AvgIpc) is 2.75. The molecule has 0 saturated heterocycles. The third kappa shape index (κ3) is 8.17. The molecule has 0 bridgehead atoms. The zero-order chi connectivity index (χ0) is 20.9. The summed E-state index contributed by atoms with van der Waals surface area (Å²) in [4.78, 5) is 26.2. The van der Waals surface area contributed by atoms with E-state index in [4.69, 9.17) is 14.6 Å². The van der Waals surface area contributed by atoms with Gasteiger partial charge < -0.3 is 14.6 Å². The van der Waals surface area contributed by atoms with Crippen molar-refractivity contribution in [3.8, 4) is 17.0 Å². The minimum Gasteiger partial charge on any atom is -0.492 e.